The largest absolute Gasteiger partial charge is 0.396 e. The van der Waals surface area contributed by atoms with E-state index in [0.717, 1.165) is 6.07 Å². The molecule has 7 nitrogen and oxygen atoms in total. The topological polar surface area (TPSA) is 110 Å². The lowest BCUT2D eigenvalue weighted by molar-refractivity contribution is -0.385. The van der Waals surface area contributed by atoms with Gasteiger partial charge in [0, 0.05) is 13.1 Å². The smallest absolute Gasteiger partial charge is 0.285 e. The number of halogens is 1. The van der Waals surface area contributed by atoms with Crippen molar-refractivity contribution in [2.24, 2.45) is 0 Å². The number of hydrogen-bond donors (Lipinski definition) is 2. The van der Waals surface area contributed by atoms with Gasteiger partial charge in [0.2, 0.25) is 0 Å². The Bertz CT molecular complexity index is 588. The number of aliphatic hydroxyl groups is 1. The van der Waals surface area contributed by atoms with Gasteiger partial charge in [-0.3, -0.25) is 14.9 Å². The molecule has 3 N–H and O–H groups in total. The molecule has 2 rings (SSSR count). The van der Waals surface area contributed by atoms with E-state index in [9.17, 15) is 24.4 Å². The molecule has 1 fully saturated rings. The minimum atomic E-state index is -1.02. The Hall–Kier alpha value is -2.22. The van der Waals surface area contributed by atoms with Crippen molar-refractivity contribution in [1.29, 1.82) is 0 Å². The van der Waals surface area contributed by atoms with Crippen molar-refractivity contribution in [3.05, 3.63) is 33.6 Å². The monoisotopic (exact) mass is 283 g/mol. The number of β-amino-alcohol motifs (C(OH)–C–C–N with tert-alkyl or cyclic N) is 1. The highest BCUT2D eigenvalue weighted by Crippen LogP contribution is 2.28. The number of amides is 1. The second kappa shape index (κ2) is 4.71. The Labute approximate surface area is 113 Å². The Balaban J connectivity index is 2.39. The molecule has 20 heavy (non-hydrogen) atoms. The minimum Gasteiger partial charge on any atom is -0.396 e. The van der Waals surface area contributed by atoms with Gasteiger partial charge in [0.1, 0.15) is 5.56 Å². The number of carbonyl (C=O) groups is 1. The SMILES string of the molecule is CC1(O)CCN(C(=O)c2cc(N)c(F)cc2[N+](=O)[O-])C1. The molecule has 1 saturated heterocycles. The van der Waals surface area contributed by atoms with Crippen molar-refractivity contribution < 1.29 is 19.2 Å². The van der Waals surface area contributed by atoms with E-state index in [-0.39, 0.29) is 24.3 Å². The summed E-state index contributed by atoms with van der Waals surface area (Å²) in [6.07, 6.45) is 0.378. The van der Waals surface area contributed by atoms with Gasteiger partial charge in [-0.2, -0.15) is 0 Å². The maximum Gasteiger partial charge on any atom is 0.285 e. The zero-order valence-corrected chi connectivity index (χ0v) is 10.8. The fraction of sp³-hybridized carbons (Fsp3) is 0.417. The number of likely N-dealkylation sites (tertiary alicyclic amines) is 1. The quantitative estimate of drug-likeness (QED) is 0.476. The summed E-state index contributed by atoms with van der Waals surface area (Å²) >= 11 is 0. The highest BCUT2D eigenvalue weighted by Gasteiger charge is 2.36. The molecule has 1 amide bonds. The Morgan fingerprint density at radius 1 is 1.60 bits per heavy atom. The molecule has 1 aliphatic rings. The van der Waals surface area contributed by atoms with Crippen molar-refractivity contribution in [3.8, 4) is 0 Å². The molecule has 1 heterocycles. The number of hydrogen-bond acceptors (Lipinski definition) is 5. The van der Waals surface area contributed by atoms with Crippen molar-refractivity contribution in [2.45, 2.75) is 18.9 Å². The van der Waals surface area contributed by atoms with Crippen LogP contribution in [-0.2, 0) is 0 Å². The Kier molecular flexibility index (Phi) is 3.34. The lowest BCUT2D eigenvalue weighted by Gasteiger charge is -2.19. The Morgan fingerprint density at radius 2 is 2.25 bits per heavy atom. The van der Waals surface area contributed by atoms with Crippen LogP contribution in [0, 0.1) is 15.9 Å². The maximum atomic E-state index is 13.3. The highest BCUT2D eigenvalue weighted by molar-refractivity contribution is 5.99. The molecule has 0 aliphatic carbocycles. The van der Waals surface area contributed by atoms with Crippen LogP contribution in [0.15, 0.2) is 12.1 Å². The van der Waals surface area contributed by atoms with E-state index in [1.165, 1.54) is 4.90 Å². The summed E-state index contributed by atoms with van der Waals surface area (Å²) in [5.74, 6) is -1.58. The number of benzene rings is 1. The summed E-state index contributed by atoms with van der Waals surface area (Å²) in [7, 11) is 0. The first-order valence-corrected chi connectivity index (χ1v) is 5.96. The van der Waals surface area contributed by atoms with E-state index in [1.807, 2.05) is 0 Å². The molecular formula is C12H14FN3O4. The first-order valence-electron chi connectivity index (χ1n) is 5.96. The van der Waals surface area contributed by atoms with Crippen LogP contribution in [0.2, 0.25) is 0 Å². The van der Waals surface area contributed by atoms with Crippen molar-refractivity contribution >= 4 is 17.3 Å². The van der Waals surface area contributed by atoms with Gasteiger partial charge in [-0.15, -0.1) is 0 Å². The van der Waals surface area contributed by atoms with Gasteiger partial charge in [-0.25, -0.2) is 4.39 Å². The molecule has 1 aromatic rings. The minimum absolute atomic E-state index is 0.0697. The molecule has 0 spiro atoms. The summed E-state index contributed by atoms with van der Waals surface area (Å²) in [6, 6.07) is 1.60. The van der Waals surface area contributed by atoms with Gasteiger partial charge < -0.3 is 15.7 Å². The Morgan fingerprint density at radius 3 is 2.75 bits per heavy atom. The summed E-state index contributed by atoms with van der Waals surface area (Å²) in [5, 5.41) is 20.7. The number of anilines is 1. The number of rotatable bonds is 2. The van der Waals surface area contributed by atoms with Crippen molar-refractivity contribution in [3.63, 3.8) is 0 Å². The van der Waals surface area contributed by atoms with E-state index >= 15 is 0 Å². The van der Waals surface area contributed by atoms with Gasteiger partial charge in [-0.1, -0.05) is 0 Å². The average Bonchev–Trinajstić information content (AvgIpc) is 2.71. The molecule has 1 aliphatic heterocycles. The van der Waals surface area contributed by atoms with Crippen LogP contribution in [0.4, 0.5) is 15.8 Å². The maximum absolute atomic E-state index is 13.3. The van der Waals surface area contributed by atoms with E-state index < -0.39 is 27.9 Å². The van der Waals surface area contributed by atoms with Crippen LogP contribution in [0.5, 0.6) is 0 Å². The summed E-state index contributed by atoms with van der Waals surface area (Å²) < 4.78 is 13.3. The van der Waals surface area contributed by atoms with Crippen LogP contribution in [0.3, 0.4) is 0 Å². The van der Waals surface area contributed by atoms with Gasteiger partial charge >= 0.3 is 0 Å². The van der Waals surface area contributed by atoms with Crippen LogP contribution in [-0.4, -0.2) is 39.5 Å². The molecule has 8 heteroatoms. The molecule has 0 saturated carbocycles. The number of nitrogens with zero attached hydrogens (tertiary/aromatic N) is 2. The van der Waals surface area contributed by atoms with Crippen LogP contribution in [0.25, 0.3) is 0 Å². The molecule has 0 radical (unpaired) electrons. The normalized spacial score (nSPS) is 22.1. The second-order valence-electron chi connectivity index (χ2n) is 5.12. The highest BCUT2D eigenvalue weighted by atomic mass is 19.1. The number of nitrogen functional groups attached to an aromatic ring is 1. The van der Waals surface area contributed by atoms with Crippen molar-refractivity contribution in [1.82, 2.24) is 4.90 Å². The molecular weight excluding hydrogens is 269 g/mol. The zero-order chi connectivity index (χ0) is 15.1. The average molecular weight is 283 g/mol. The zero-order valence-electron chi connectivity index (χ0n) is 10.8. The van der Waals surface area contributed by atoms with Crippen LogP contribution < -0.4 is 5.73 Å². The van der Waals surface area contributed by atoms with E-state index in [0.29, 0.717) is 12.5 Å². The first kappa shape index (κ1) is 14.2. The van der Waals surface area contributed by atoms with Gasteiger partial charge in [-0.05, 0) is 19.4 Å². The predicted molar refractivity (Wildman–Crippen MR) is 68.6 cm³/mol. The van der Waals surface area contributed by atoms with Crippen molar-refractivity contribution in [2.75, 3.05) is 18.8 Å². The van der Waals surface area contributed by atoms with E-state index in [1.54, 1.807) is 6.92 Å². The van der Waals surface area contributed by atoms with E-state index in [2.05, 4.69) is 0 Å². The third kappa shape index (κ3) is 2.55. The third-order valence-electron chi connectivity index (χ3n) is 3.28. The lowest BCUT2D eigenvalue weighted by Crippen LogP contribution is -2.34. The fourth-order valence-corrected chi connectivity index (χ4v) is 2.19. The summed E-state index contributed by atoms with van der Waals surface area (Å²) in [6.45, 7) is 1.92. The van der Waals surface area contributed by atoms with Crippen LogP contribution >= 0.6 is 0 Å². The van der Waals surface area contributed by atoms with E-state index in [4.69, 9.17) is 5.73 Å². The van der Waals surface area contributed by atoms with Gasteiger partial charge in [0.15, 0.2) is 5.82 Å². The molecule has 1 atom stereocenters. The molecule has 1 unspecified atom stereocenters. The third-order valence-corrected chi connectivity index (χ3v) is 3.28. The fourth-order valence-electron chi connectivity index (χ4n) is 2.19. The van der Waals surface area contributed by atoms with Gasteiger partial charge in [0.25, 0.3) is 11.6 Å². The number of nitro groups is 1. The summed E-state index contributed by atoms with van der Waals surface area (Å²) in [5.41, 5.74) is 3.11. The lowest BCUT2D eigenvalue weighted by atomic mass is 10.1. The van der Waals surface area contributed by atoms with Gasteiger partial charge in [0.05, 0.1) is 22.3 Å². The first-order chi connectivity index (χ1) is 9.21. The summed E-state index contributed by atoms with van der Waals surface area (Å²) in [4.78, 5) is 23.6. The molecule has 0 aromatic heterocycles. The van der Waals surface area contributed by atoms with Crippen LogP contribution in [0.1, 0.15) is 23.7 Å². The predicted octanol–water partition coefficient (Wildman–Crippen LogP) is 0.913. The number of nitrogens with two attached hydrogens (primary N) is 1. The molecule has 108 valence electrons. The number of nitro benzene ring substituents is 1. The number of carbonyl (C=O) groups excluding carboxylic acids is 1. The molecule has 1 aromatic carbocycles. The second-order valence-corrected chi connectivity index (χ2v) is 5.12. The molecule has 0 bridgehead atoms. The standard InChI is InChI=1S/C12H14FN3O4/c1-12(18)2-3-15(6-12)11(17)7-4-9(14)8(13)5-10(7)16(19)20/h4-5,18H,2-3,6,14H2,1H3.